The molecule has 2 aromatic carbocycles. The molecule has 0 saturated carbocycles. The van der Waals surface area contributed by atoms with Gasteiger partial charge in [0, 0.05) is 11.9 Å². The van der Waals surface area contributed by atoms with Crippen LogP contribution in [0.2, 0.25) is 0 Å². The molecule has 5 nitrogen and oxygen atoms in total. The van der Waals surface area contributed by atoms with Crippen LogP contribution in [0, 0.1) is 0 Å². The average molecular weight is 309 g/mol. The van der Waals surface area contributed by atoms with Crippen LogP contribution in [0.4, 0.5) is 0 Å². The van der Waals surface area contributed by atoms with E-state index >= 15 is 0 Å². The van der Waals surface area contributed by atoms with Gasteiger partial charge in [0.1, 0.15) is 5.58 Å². The van der Waals surface area contributed by atoms with Crippen LogP contribution in [-0.4, -0.2) is 19.1 Å². The normalized spacial score (nSPS) is 12.7. The van der Waals surface area contributed by atoms with Crippen molar-refractivity contribution < 1.29 is 18.7 Å². The fraction of sp³-hybridized carbons (Fsp3) is 0.167. The first kappa shape index (κ1) is 13.8. The van der Waals surface area contributed by atoms with Crippen molar-refractivity contribution in [1.29, 1.82) is 0 Å². The molecule has 1 aliphatic rings. The first-order chi connectivity index (χ1) is 11.3. The Balaban J connectivity index is 1.38. The first-order valence-corrected chi connectivity index (χ1v) is 7.40. The topological polar surface area (TPSA) is 60.7 Å². The summed E-state index contributed by atoms with van der Waals surface area (Å²) in [7, 11) is 0. The van der Waals surface area contributed by atoms with Crippen molar-refractivity contribution in [2.45, 2.75) is 6.54 Å². The molecule has 0 amide bonds. The molecule has 0 atom stereocenters. The molecular formula is C18H15NO4. The SMILES string of the molecule is O=C(CNCc1ccc2c(c1)OCO2)c1cc2ccccc2o1. The lowest BCUT2D eigenvalue weighted by Gasteiger charge is -2.04. The van der Waals surface area contributed by atoms with Crippen molar-refractivity contribution in [3.63, 3.8) is 0 Å². The van der Waals surface area contributed by atoms with Gasteiger partial charge in [0.05, 0.1) is 6.54 Å². The second kappa shape index (κ2) is 5.78. The van der Waals surface area contributed by atoms with Crippen LogP contribution in [0.15, 0.2) is 52.9 Å². The zero-order chi connectivity index (χ0) is 15.6. The number of ketones is 1. The Bertz CT molecular complexity index is 835. The number of para-hydroxylation sites is 1. The first-order valence-electron chi connectivity index (χ1n) is 7.40. The van der Waals surface area contributed by atoms with Gasteiger partial charge in [-0.2, -0.15) is 0 Å². The fourth-order valence-corrected chi connectivity index (χ4v) is 2.58. The molecule has 0 spiro atoms. The van der Waals surface area contributed by atoms with Crippen LogP contribution in [0.5, 0.6) is 11.5 Å². The molecule has 1 aliphatic heterocycles. The minimum absolute atomic E-state index is 0.0676. The molecule has 0 unspecified atom stereocenters. The van der Waals surface area contributed by atoms with E-state index in [1.165, 1.54) is 0 Å². The van der Waals surface area contributed by atoms with Gasteiger partial charge in [0.15, 0.2) is 17.3 Å². The van der Waals surface area contributed by atoms with Gasteiger partial charge in [0.25, 0.3) is 0 Å². The largest absolute Gasteiger partial charge is 0.454 e. The minimum Gasteiger partial charge on any atom is -0.454 e. The van der Waals surface area contributed by atoms with Gasteiger partial charge in [-0.15, -0.1) is 0 Å². The van der Waals surface area contributed by atoms with Gasteiger partial charge in [-0.05, 0) is 29.8 Å². The Labute approximate surface area is 132 Å². The number of Topliss-reactive ketones (excluding diaryl/α,β-unsaturated/α-hetero) is 1. The Hall–Kier alpha value is -2.79. The highest BCUT2D eigenvalue weighted by molar-refractivity contribution is 5.98. The van der Waals surface area contributed by atoms with Crippen molar-refractivity contribution in [2.75, 3.05) is 13.3 Å². The van der Waals surface area contributed by atoms with Gasteiger partial charge in [-0.25, -0.2) is 0 Å². The molecular weight excluding hydrogens is 294 g/mol. The summed E-state index contributed by atoms with van der Waals surface area (Å²) in [6.07, 6.45) is 0. The van der Waals surface area contributed by atoms with E-state index in [2.05, 4.69) is 5.32 Å². The summed E-state index contributed by atoms with van der Waals surface area (Å²) >= 11 is 0. The van der Waals surface area contributed by atoms with E-state index in [9.17, 15) is 4.79 Å². The van der Waals surface area contributed by atoms with Crippen molar-refractivity contribution >= 4 is 16.8 Å². The monoisotopic (exact) mass is 309 g/mol. The van der Waals surface area contributed by atoms with Crippen LogP contribution in [0.3, 0.4) is 0 Å². The Morgan fingerprint density at radius 2 is 1.91 bits per heavy atom. The summed E-state index contributed by atoms with van der Waals surface area (Å²) in [5.74, 6) is 1.81. The Morgan fingerprint density at radius 3 is 2.83 bits per heavy atom. The zero-order valence-electron chi connectivity index (χ0n) is 12.4. The molecule has 2 heterocycles. The average Bonchev–Trinajstić information content (AvgIpc) is 3.20. The lowest BCUT2D eigenvalue weighted by molar-refractivity contribution is 0.0966. The number of carbonyl (C=O) groups excluding carboxylic acids is 1. The smallest absolute Gasteiger partial charge is 0.231 e. The summed E-state index contributed by atoms with van der Waals surface area (Å²) in [6, 6.07) is 15.1. The van der Waals surface area contributed by atoms with E-state index in [-0.39, 0.29) is 19.1 Å². The van der Waals surface area contributed by atoms with Crippen LogP contribution >= 0.6 is 0 Å². The third-order valence-corrected chi connectivity index (χ3v) is 3.75. The summed E-state index contributed by atoms with van der Waals surface area (Å²) in [5, 5.41) is 4.07. The number of hydrogen-bond acceptors (Lipinski definition) is 5. The van der Waals surface area contributed by atoms with E-state index < -0.39 is 0 Å². The lowest BCUT2D eigenvalue weighted by Crippen LogP contribution is -2.22. The number of nitrogens with one attached hydrogen (secondary N) is 1. The predicted molar refractivity (Wildman–Crippen MR) is 84.8 cm³/mol. The molecule has 3 aromatic rings. The van der Waals surface area contributed by atoms with Crippen LogP contribution < -0.4 is 14.8 Å². The molecule has 0 fully saturated rings. The maximum absolute atomic E-state index is 12.2. The second-order valence-electron chi connectivity index (χ2n) is 5.36. The highest BCUT2D eigenvalue weighted by Gasteiger charge is 2.14. The zero-order valence-corrected chi connectivity index (χ0v) is 12.4. The third kappa shape index (κ3) is 2.78. The molecule has 1 N–H and O–H groups in total. The quantitative estimate of drug-likeness (QED) is 0.734. The van der Waals surface area contributed by atoms with Gasteiger partial charge in [-0.3, -0.25) is 4.79 Å². The maximum Gasteiger partial charge on any atom is 0.231 e. The third-order valence-electron chi connectivity index (χ3n) is 3.75. The summed E-state index contributed by atoms with van der Waals surface area (Å²) < 4.78 is 16.2. The standard InChI is InChI=1S/C18H15NO4/c20-14(17-8-13-3-1-2-4-15(13)23-17)10-19-9-12-5-6-16-18(7-12)22-11-21-16/h1-8,19H,9-11H2. The van der Waals surface area contributed by atoms with Crippen LogP contribution in [0.1, 0.15) is 16.1 Å². The van der Waals surface area contributed by atoms with Crippen molar-refractivity contribution in [1.82, 2.24) is 5.32 Å². The minimum atomic E-state index is -0.0676. The highest BCUT2D eigenvalue weighted by atomic mass is 16.7. The van der Waals surface area contributed by atoms with E-state index in [1.807, 2.05) is 42.5 Å². The van der Waals surface area contributed by atoms with Gasteiger partial charge in [-0.1, -0.05) is 24.3 Å². The number of carbonyl (C=O) groups is 1. The van der Waals surface area contributed by atoms with Gasteiger partial charge < -0.3 is 19.2 Å². The molecule has 0 saturated heterocycles. The van der Waals surface area contributed by atoms with Gasteiger partial charge >= 0.3 is 0 Å². The van der Waals surface area contributed by atoms with Crippen molar-refractivity contribution in [2.24, 2.45) is 0 Å². The summed E-state index contributed by atoms with van der Waals surface area (Å²) in [4.78, 5) is 12.2. The predicted octanol–water partition coefficient (Wildman–Crippen LogP) is 3.13. The molecule has 4 rings (SSSR count). The van der Waals surface area contributed by atoms with Crippen molar-refractivity contribution in [3.8, 4) is 11.5 Å². The van der Waals surface area contributed by atoms with Crippen LogP contribution in [0.25, 0.3) is 11.0 Å². The van der Waals surface area contributed by atoms with Gasteiger partial charge in [0.2, 0.25) is 12.6 Å². The number of furan rings is 1. The molecule has 116 valence electrons. The van der Waals surface area contributed by atoms with Crippen molar-refractivity contribution in [3.05, 3.63) is 59.9 Å². The Kier molecular flexibility index (Phi) is 3.48. The fourth-order valence-electron chi connectivity index (χ4n) is 2.58. The molecule has 23 heavy (non-hydrogen) atoms. The molecule has 0 aliphatic carbocycles. The number of rotatable bonds is 5. The number of hydrogen-bond donors (Lipinski definition) is 1. The van der Waals surface area contributed by atoms with E-state index in [0.29, 0.717) is 12.3 Å². The molecule has 0 radical (unpaired) electrons. The van der Waals surface area contributed by atoms with E-state index in [4.69, 9.17) is 13.9 Å². The lowest BCUT2D eigenvalue weighted by atomic mass is 10.2. The van der Waals surface area contributed by atoms with Crippen LogP contribution in [-0.2, 0) is 6.54 Å². The maximum atomic E-state index is 12.2. The molecule has 0 bridgehead atoms. The summed E-state index contributed by atoms with van der Waals surface area (Å²) in [5.41, 5.74) is 1.76. The molecule has 5 heteroatoms. The number of fused-ring (bicyclic) bond motifs is 2. The summed E-state index contributed by atoms with van der Waals surface area (Å²) in [6.45, 7) is 1.05. The number of ether oxygens (including phenoxy) is 2. The molecule has 1 aromatic heterocycles. The van der Waals surface area contributed by atoms with E-state index in [0.717, 1.165) is 28.0 Å². The Morgan fingerprint density at radius 1 is 1.04 bits per heavy atom. The number of benzene rings is 2. The second-order valence-corrected chi connectivity index (χ2v) is 5.36. The van der Waals surface area contributed by atoms with E-state index in [1.54, 1.807) is 6.07 Å². The highest BCUT2D eigenvalue weighted by Crippen LogP contribution is 2.32.